The molecule has 0 atom stereocenters. The van der Waals surface area contributed by atoms with Crippen molar-refractivity contribution in [1.29, 1.82) is 0 Å². The molecule has 0 unspecified atom stereocenters. The van der Waals surface area contributed by atoms with Crippen molar-refractivity contribution < 1.29 is 9.53 Å². The lowest BCUT2D eigenvalue weighted by atomic mass is 10.3. The van der Waals surface area contributed by atoms with Crippen LogP contribution in [0.2, 0.25) is 5.02 Å². The predicted octanol–water partition coefficient (Wildman–Crippen LogP) is 5.12. The number of amides is 1. The van der Waals surface area contributed by atoms with E-state index >= 15 is 0 Å². The summed E-state index contributed by atoms with van der Waals surface area (Å²) in [5, 5.41) is 3.93. The van der Waals surface area contributed by atoms with Crippen LogP contribution in [0, 0.1) is 6.92 Å². The Bertz CT molecular complexity index is 1380. The van der Waals surface area contributed by atoms with Crippen molar-refractivity contribution in [2.24, 2.45) is 0 Å². The molecule has 4 rings (SSSR count). The summed E-state index contributed by atoms with van der Waals surface area (Å²) in [4.78, 5) is 27.6. The van der Waals surface area contributed by atoms with Gasteiger partial charge in [0.25, 0.3) is 11.5 Å². The van der Waals surface area contributed by atoms with Crippen molar-refractivity contribution in [2.45, 2.75) is 13.8 Å². The number of halogens is 1. The van der Waals surface area contributed by atoms with Crippen LogP contribution in [0.3, 0.4) is 0 Å². The van der Waals surface area contributed by atoms with E-state index in [-0.39, 0.29) is 16.6 Å². The molecule has 1 aromatic heterocycles. The number of anilines is 2. The summed E-state index contributed by atoms with van der Waals surface area (Å²) in [6, 6.07) is 15.6. The van der Waals surface area contributed by atoms with Crippen molar-refractivity contribution in [3.63, 3.8) is 0 Å². The number of aromatic nitrogens is 2. The number of hydrogen-bond donors (Lipinski definition) is 1. The van der Waals surface area contributed by atoms with Crippen molar-refractivity contribution in [3.05, 3.63) is 80.6 Å². The summed E-state index contributed by atoms with van der Waals surface area (Å²) in [7, 11) is 0. The number of aryl methyl sites for hydroxylation is 1. The van der Waals surface area contributed by atoms with Crippen LogP contribution in [0.5, 0.6) is 5.75 Å². The van der Waals surface area contributed by atoms with E-state index < -0.39 is 0 Å². The lowest BCUT2D eigenvalue weighted by molar-refractivity contribution is -0.113. The average molecular weight is 531 g/mol. The molecule has 2 heterocycles. The van der Waals surface area contributed by atoms with Gasteiger partial charge in [-0.15, -0.1) is 0 Å². The van der Waals surface area contributed by atoms with Gasteiger partial charge >= 0.3 is 0 Å². The summed E-state index contributed by atoms with van der Waals surface area (Å²) >= 11 is 18.1. The van der Waals surface area contributed by atoms with E-state index in [9.17, 15) is 9.59 Å². The van der Waals surface area contributed by atoms with Gasteiger partial charge in [0.05, 0.1) is 29.1 Å². The molecule has 1 amide bonds. The van der Waals surface area contributed by atoms with Gasteiger partial charge in [-0.3, -0.25) is 14.5 Å². The van der Waals surface area contributed by atoms with E-state index in [0.29, 0.717) is 43.7 Å². The highest BCUT2D eigenvalue weighted by Gasteiger charge is 2.34. The number of carbonyl (C=O) groups excluding carboxylic acids is 1. The van der Waals surface area contributed by atoms with E-state index in [1.165, 1.54) is 26.5 Å². The van der Waals surface area contributed by atoms with Crippen molar-refractivity contribution >= 4 is 80.7 Å². The number of hydrogen-bond acceptors (Lipinski definition) is 6. The zero-order chi connectivity index (χ0) is 24.4. The van der Waals surface area contributed by atoms with Crippen LogP contribution in [0.4, 0.5) is 11.4 Å². The fourth-order valence-corrected chi connectivity index (χ4v) is 5.08. The van der Waals surface area contributed by atoms with Gasteiger partial charge in [0, 0.05) is 16.8 Å². The third-order valence-electron chi connectivity index (χ3n) is 4.85. The average Bonchev–Trinajstić information content (AvgIpc) is 3.24. The third-order valence-corrected chi connectivity index (χ3v) is 6.66. The van der Waals surface area contributed by atoms with E-state index in [1.54, 1.807) is 31.2 Å². The molecule has 34 heavy (non-hydrogen) atoms. The molecule has 1 saturated heterocycles. The molecule has 2 aromatic carbocycles. The second kappa shape index (κ2) is 10.1. The second-order valence-corrected chi connectivity index (χ2v) is 9.62. The summed E-state index contributed by atoms with van der Waals surface area (Å²) in [6.45, 7) is 4.14. The normalized spacial score (nSPS) is 14.7. The Kier molecular flexibility index (Phi) is 7.22. The van der Waals surface area contributed by atoms with Gasteiger partial charge in [0.15, 0.2) is 9.43 Å². The van der Waals surface area contributed by atoms with E-state index in [2.05, 4.69) is 5.32 Å². The number of para-hydroxylation sites is 2. The number of thioether (sulfide) groups is 1. The molecule has 1 fully saturated rings. The number of nitrogens with one attached hydrogen (secondary N) is 1. The van der Waals surface area contributed by atoms with E-state index in [0.717, 1.165) is 11.8 Å². The first kappa shape index (κ1) is 24.2. The number of rotatable bonds is 5. The van der Waals surface area contributed by atoms with Crippen LogP contribution in [0.1, 0.15) is 12.6 Å². The van der Waals surface area contributed by atoms with E-state index in [4.69, 9.17) is 40.8 Å². The molecule has 11 heteroatoms. The number of benzene rings is 2. The first-order valence-electron chi connectivity index (χ1n) is 10.2. The minimum Gasteiger partial charge on any atom is -0.492 e. The first-order valence-corrected chi connectivity index (χ1v) is 12.2. The Hall–Kier alpha value is -2.92. The molecule has 1 aliphatic heterocycles. The molecule has 0 aliphatic carbocycles. The summed E-state index contributed by atoms with van der Waals surface area (Å²) in [5.41, 5.74) is 1.52. The van der Waals surface area contributed by atoms with Gasteiger partial charge < -0.3 is 10.1 Å². The Morgan fingerprint density at radius 3 is 2.59 bits per heavy atom. The van der Waals surface area contributed by atoms with Crippen molar-refractivity contribution in [1.82, 2.24) is 9.36 Å². The first-order chi connectivity index (χ1) is 16.3. The van der Waals surface area contributed by atoms with Crippen LogP contribution in [-0.4, -0.2) is 31.3 Å². The van der Waals surface area contributed by atoms with Gasteiger partial charge in [-0.1, -0.05) is 47.7 Å². The van der Waals surface area contributed by atoms with Crippen molar-refractivity contribution in [2.75, 3.05) is 16.8 Å². The summed E-state index contributed by atoms with van der Waals surface area (Å²) in [6.07, 6.45) is 1.45. The molecule has 7 nitrogen and oxygen atoms in total. The Balaban J connectivity index is 1.67. The van der Waals surface area contributed by atoms with Crippen molar-refractivity contribution in [3.8, 4) is 5.75 Å². The fourth-order valence-electron chi connectivity index (χ4n) is 3.36. The number of ether oxygens (including phenoxy) is 1. The number of nitrogens with zero attached hydrogens (tertiary/aromatic N) is 3. The van der Waals surface area contributed by atoms with Crippen LogP contribution in [0.25, 0.3) is 6.20 Å². The van der Waals surface area contributed by atoms with Crippen LogP contribution in [0.15, 0.2) is 64.3 Å². The molecular formula is C23H19ClN4O3S3. The zero-order valence-electron chi connectivity index (χ0n) is 18.1. The standard InChI is InChI=1S/C23H19ClN4O3S3/c1-3-31-18-7-5-4-6-17(18)25-22(32)28-14(2)12-20(29)26(28)13-19-21(30)27(23(33)34-19)16-10-8-15(24)9-11-16/h4-13H,3H2,1-2H3,(H,25,32)/b19-13-. The van der Waals surface area contributed by atoms with Gasteiger partial charge in [0.2, 0.25) is 0 Å². The second-order valence-electron chi connectivity index (χ2n) is 7.12. The number of carbonyl (C=O) groups is 1. The Morgan fingerprint density at radius 1 is 1.18 bits per heavy atom. The molecular weight excluding hydrogens is 512 g/mol. The lowest BCUT2D eigenvalue weighted by Crippen LogP contribution is -2.30. The maximum Gasteiger partial charge on any atom is 0.272 e. The number of thiocarbonyl (C=S) groups is 2. The molecule has 0 saturated carbocycles. The maximum absolute atomic E-state index is 13.1. The lowest BCUT2D eigenvalue weighted by Gasteiger charge is -2.16. The molecule has 1 N–H and O–H groups in total. The molecule has 174 valence electrons. The summed E-state index contributed by atoms with van der Waals surface area (Å²) < 4.78 is 8.82. The molecule has 3 aromatic rings. The minimum atomic E-state index is -0.338. The van der Waals surface area contributed by atoms with Crippen LogP contribution in [-0.2, 0) is 4.79 Å². The smallest absolute Gasteiger partial charge is 0.272 e. The van der Waals surface area contributed by atoms with E-state index in [1.807, 2.05) is 31.2 Å². The Labute approximate surface area is 215 Å². The van der Waals surface area contributed by atoms with Gasteiger partial charge in [-0.2, -0.15) is 0 Å². The third kappa shape index (κ3) is 4.80. The molecule has 0 bridgehead atoms. The molecule has 0 spiro atoms. The van der Waals surface area contributed by atoms with Gasteiger partial charge in [-0.05, 0) is 62.5 Å². The highest BCUT2D eigenvalue weighted by Crippen LogP contribution is 2.35. The highest BCUT2D eigenvalue weighted by molar-refractivity contribution is 8.27. The monoisotopic (exact) mass is 530 g/mol. The highest BCUT2D eigenvalue weighted by atomic mass is 35.5. The fraction of sp³-hybridized carbons (Fsp3) is 0.130. The minimum absolute atomic E-state index is 0.246. The Morgan fingerprint density at radius 2 is 1.88 bits per heavy atom. The maximum atomic E-state index is 13.1. The largest absolute Gasteiger partial charge is 0.492 e. The van der Waals surface area contributed by atoms with Crippen LogP contribution < -0.4 is 20.5 Å². The quantitative estimate of drug-likeness (QED) is 0.363. The zero-order valence-corrected chi connectivity index (χ0v) is 21.4. The predicted molar refractivity (Wildman–Crippen MR) is 146 cm³/mol. The van der Waals surface area contributed by atoms with Crippen LogP contribution >= 0.6 is 47.8 Å². The molecule has 0 radical (unpaired) electrons. The molecule has 1 aliphatic rings. The SMILES string of the molecule is CCOc1ccccc1NC(=S)n1c(C)cc(=O)n1/C=C1\SC(=S)N(c2ccc(Cl)cc2)C1=O. The summed E-state index contributed by atoms with van der Waals surface area (Å²) in [5.74, 6) is 0.296. The topological polar surface area (TPSA) is 68.5 Å². The van der Waals surface area contributed by atoms with Gasteiger partial charge in [-0.25, -0.2) is 9.36 Å². The van der Waals surface area contributed by atoms with Gasteiger partial charge in [0.1, 0.15) is 5.75 Å².